The summed E-state index contributed by atoms with van der Waals surface area (Å²) < 4.78 is 0. The molecule has 0 aliphatic rings. The maximum atomic E-state index is 11.0. The van der Waals surface area contributed by atoms with Gasteiger partial charge in [-0.2, -0.15) is 5.10 Å². The minimum Gasteiger partial charge on any atom is -0.478 e. The van der Waals surface area contributed by atoms with Gasteiger partial charge in [-0.05, 0) is 37.3 Å². The van der Waals surface area contributed by atoms with Crippen LogP contribution in [0.25, 0.3) is 0 Å². The standard InChI is InChI=1S/C15H11Cl3N2O2/c1-8(11-4-2-9(16)6-14(11)18)19-20-10-3-5-13(17)12(7-10)15(21)22/h2-7,20H,1H3,(H,21,22)/b19-8+. The van der Waals surface area contributed by atoms with Crippen LogP contribution in [0.15, 0.2) is 41.5 Å². The lowest BCUT2D eigenvalue weighted by atomic mass is 10.1. The van der Waals surface area contributed by atoms with E-state index in [1.54, 1.807) is 31.2 Å². The molecule has 2 aromatic rings. The van der Waals surface area contributed by atoms with Crippen molar-refractivity contribution in [2.75, 3.05) is 5.43 Å². The Balaban J connectivity index is 2.24. The Kier molecular flexibility index (Phi) is 5.29. The fourth-order valence-corrected chi connectivity index (χ4v) is 2.49. The molecule has 0 amide bonds. The van der Waals surface area contributed by atoms with Gasteiger partial charge in [0.05, 0.1) is 27.0 Å². The summed E-state index contributed by atoms with van der Waals surface area (Å²) in [5, 5.41) is 14.4. The van der Waals surface area contributed by atoms with E-state index in [1.807, 2.05) is 0 Å². The predicted molar refractivity (Wildman–Crippen MR) is 90.7 cm³/mol. The van der Waals surface area contributed by atoms with E-state index in [0.29, 0.717) is 21.4 Å². The van der Waals surface area contributed by atoms with Gasteiger partial charge in [0.15, 0.2) is 0 Å². The largest absolute Gasteiger partial charge is 0.478 e. The van der Waals surface area contributed by atoms with Crippen LogP contribution in [0.1, 0.15) is 22.8 Å². The normalized spacial score (nSPS) is 11.4. The number of nitrogens with zero attached hydrogens (tertiary/aromatic N) is 1. The first-order valence-corrected chi connectivity index (χ1v) is 7.30. The van der Waals surface area contributed by atoms with Gasteiger partial charge in [0.2, 0.25) is 0 Å². The van der Waals surface area contributed by atoms with Crippen LogP contribution in [-0.2, 0) is 0 Å². The SMILES string of the molecule is C/C(=N\Nc1ccc(Cl)c(C(=O)O)c1)c1ccc(Cl)cc1Cl. The highest BCUT2D eigenvalue weighted by Gasteiger charge is 2.09. The Bertz CT molecular complexity index is 760. The van der Waals surface area contributed by atoms with E-state index >= 15 is 0 Å². The Morgan fingerprint density at radius 3 is 2.41 bits per heavy atom. The first kappa shape index (κ1) is 16.6. The van der Waals surface area contributed by atoms with Gasteiger partial charge in [-0.25, -0.2) is 4.79 Å². The molecule has 22 heavy (non-hydrogen) atoms. The van der Waals surface area contributed by atoms with Crippen LogP contribution >= 0.6 is 34.8 Å². The quantitative estimate of drug-likeness (QED) is 0.585. The van der Waals surface area contributed by atoms with Crippen LogP contribution in [0.3, 0.4) is 0 Å². The number of hydrogen-bond acceptors (Lipinski definition) is 3. The average molecular weight is 358 g/mol. The molecule has 114 valence electrons. The van der Waals surface area contributed by atoms with E-state index in [-0.39, 0.29) is 10.6 Å². The highest BCUT2D eigenvalue weighted by molar-refractivity contribution is 6.37. The minimum absolute atomic E-state index is 0.00375. The van der Waals surface area contributed by atoms with Crippen molar-refractivity contribution < 1.29 is 9.90 Å². The van der Waals surface area contributed by atoms with E-state index in [1.165, 1.54) is 12.1 Å². The molecule has 2 aromatic carbocycles. The van der Waals surface area contributed by atoms with Gasteiger partial charge in [-0.15, -0.1) is 0 Å². The Morgan fingerprint density at radius 1 is 1.05 bits per heavy atom. The molecule has 0 bridgehead atoms. The molecule has 0 saturated heterocycles. The second kappa shape index (κ2) is 7.01. The average Bonchev–Trinajstić information content (AvgIpc) is 2.45. The Labute approximate surface area is 142 Å². The van der Waals surface area contributed by atoms with Gasteiger partial charge in [0.25, 0.3) is 0 Å². The number of nitrogens with one attached hydrogen (secondary N) is 1. The molecule has 7 heteroatoms. The van der Waals surface area contributed by atoms with Crippen molar-refractivity contribution in [1.29, 1.82) is 0 Å². The maximum absolute atomic E-state index is 11.0. The van der Waals surface area contributed by atoms with Crippen molar-refractivity contribution in [3.63, 3.8) is 0 Å². The molecule has 0 fully saturated rings. The summed E-state index contributed by atoms with van der Waals surface area (Å²) >= 11 is 17.8. The highest BCUT2D eigenvalue weighted by atomic mass is 35.5. The summed E-state index contributed by atoms with van der Waals surface area (Å²) in [7, 11) is 0. The molecule has 0 heterocycles. The van der Waals surface area contributed by atoms with Crippen LogP contribution in [0.2, 0.25) is 15.1 Å². The molecular formula is C15H11Cl3N2O2. The molecule has 0 saturated carbocycles. The van der Waals surface area contributed by atoms with Crippen LogP contribution in [-0.4, -0.2) is 16.8 Å². The van der Waals surface area contributed by atoms with Crippen LogP contribution in [0.5, 0.6) is 0 Å². The van der Waals surface area contributed by atoms with E-state index in [9.17, 15) is 4.79 Å². The first-order chi connectivity index (χ1) is 10.4. The lowest BCUT2D eigenvalue weighted by Gasteiger charge is -2.07. The van der Waals surface area contributed by atoms with Crippen LogP contribution < -0.4 is 5.43 Å². The lowest BCUT2D eigenvalue weighted by Crippen LogP contribution is -2.02. The zero-order valence-corrected chi connectivity index (χ0v) is 13.7. The zero-order chi connectivity index (χ0) is 16.3. The molecule has 0 spiro atoms. The van der Waals surface area contributed by atoms with Crippen molar-refractivity contribution in [2.24, 2.45) is 5.10 Å². The second-order valence-electron chi connectivity index (χ2n) is 4.43. The van der Waals surface area contributed by atoms with Crippen molar-refractivity contribution in [1.82, 2.24) is 0 Å². The highest BCUT2D eigenvalue weighted by Crippen LogP contribution is 2.23. The number of aromatic carboxylic acids is 1. The number of hydrazone groups is 1. The zero-order valence-electron chi connectivity index (χ0n) is 11.4. The van der Waals surface area contributed by atoms with E-state index in [4.69, 9.17) is 39.9 Å². The summed E-state index contributed by atoms with van der Waals surface area (Å²) in [6, 6.07) is 9.64. The van der Waals surface area contributed by atoms with E-state index < -0.39 is 5.97 Å². The number of hydrogen-bond donors (Lipinski definition) is 2. The molecule has 0 radical (unpaired) electrons. The van der Waals surface area contributed by atoms with Crippen LogP contribution in [0.4, 0.5) is 5.69 Å². The number of benzene rings is 2. The number of rotatable bonds is 4. The summed E-state index contributed by atoms with van der Waals surface area (Å²) in [4.78, 5) is 11.0. The smallest absolute Gasteiger partial charge is 0.337 e. The van der Waals surface area contributed by atoms with Crippen LogP contribution in [0, 0.1) is 0 Å². The monoisotopic (exact) mass is 356 g/mol. The molecule has 2 N–H and O–H groups in total. The van der Waals surface area contributed by atoms with Gasteiger partial charge < -0.3 is 5.11 Å². The Morgan fingerprint density at radius 2 is 1.77 bits per heavy atom. The Hall–Kier alpha value is -1.75. The summed E-state index contributed by atoms with van der Waals surface area (Å²) in [5.74, 6) is -1.10. The molecule has 0 atom stereocenters. The molecule has 0 aliphatic heterocycles. The van der Waals surface area contributed by atoms with Gasteiger partial charge >= 0.3 is 5.97 Å². The molecule has 4 nitrogen and oxygen atoms in total. The van der Waals surface area contributed by atoms with Crippen molar-refractivity contribution >= 4 is 52.2 Å². The van der Waals surface area contributed by atoms with Gasteiger partial charge in [0.1, 0.15) is 0 Å². The summed E-state index contributed by atoms with van der Waals surface area (Å²) in [5.41, 5.74) is 4.65. The van der Waals surface area contributed by atoms with Crippen molar-refractivity contribution in [2.45, 2.75) is 6.92 Å². The molecule has 0 aliphatic carbocycles. The fourth-order valence-electron chi connectivity index (χ4n) is 1.75. The van der Waals surface area contributed by atoms with Crippen molar-refractivity contribution in [3.8, 4) is 0 Å². The number of anilines is 1. The molecular weight excluding hydrogens is 347 g/mol. The number of carbonyl (C=O) groups is 1. The van der Waals surface area contributed by atoms with Gasteiger partial charge in [-0.1, -0.05) is 40.9 Å². The minimum atomic E-state index is -1.10. The molecule has 0 aromatic heterocycles. The maximum Gasteiger partial charge on any atom is 0.337 e. The van der Waals surface area contributed by atoms with E-state index in [2.05, 4.69) is 10.5 Å². The third kappa shape index (κ3) is 3.91. The predicted octanol–water partition coefficient (Wildman–Crippen LogP) is 5.18. The second-order valence-corrected chi connectivity index (χ2v) is 5.68. The summed E-state index contributed by atoms with van der Waals surface area (Å²) in [6.45, 7) is 1.77. The van der Waals surface area contributed by atoms with E-state index in [0.717, 1.165) is 5.56 Å². The molecule has 2 rings (SSSR count). The summed E-state index contributed by atoms with van der Waals surface area (Å²) in [6.07, 6.45) is 0. The van der Waals surface area contributed by atoms with Gasteiger partial charge in [0, 0.05) is 10.6 Å². The topological polar surface area (TPSA) is 61.7 Å². The number of carboxylic acids is 1. The third-order valence-corrected chi connectivity index (χ3v) is 3.75. The number of halogens is 3. The number of carboxylic acid groups (broad SMARTS) is 1. The first-order valence-electron chi connectivity index (χ1n) is 6.17. The fraction of sp³-hybridized carbons (Fsp3) is 0.0667. The van der Waals surface area contributed by atoms with Gasteiger partial charge in [-0.3, -0.25) is 5.43 Å². The lowest BCUT2D eigenvalue weighted by molar-refractivity contribution is 0.0697. The third-order valence-electron chi connectivity index (χ3n) is 2.87. The van der Waals surface area contributed by atoms with Crippen molar-refractivity contribution in [3.05, 3.63) is 62.6 Å². The molecule has 0 unspecified atom stereocenters.